The molecule has 0 aliphatic heterocycles. The molecule has 0 aliphatic rings. The van der Waals surface area contributed by atoms with Gasteiger partial charge in [-0.2, -0.15) is 0 Å². The molecule has 1 atom stereocenters. The highest BCUT2D eigenvalue weighted by Gasteiger charge is 2.27. The lowest BCUT2D eigenvalue weighted by molar-refractivity contribution is -0.143. The largest absolute Gasteiger partial charge is 0.480 e. The lowest BCUT2D eigenvalue weighted by Gasteiger charge is -2.24. The summed E-state index contributed by atoms with van der Waals surface area (Å²) in [6.07, 6.45) is 0. The van der Waals surface area contributed by atoms with Crippen molar-refractivity contribution in [2.75, 3.05) is 7.05 Å². The van der Waals surface area contributed by atoms with E-state index in [-0.39, 0.29) is 6.54 Å². The summed E-state index contributed by atoms with van der Waals surface area (Å²) in [4.78, 5) is 13.1. The number of carboxylic acid groups (broad SMARTS) is 1. The topological polar surface area (TPSA) is 79.5 Å². The van der Waals surface area contributed by atoms with Gasteiger partial charge in [0.2, 0.25) is 11.8 Å². The smallest absolute Gasteiger partial charge is 0.325 e. The van der Waals surface area contributed by atoms with E-state index in [1.165, 1.54) is 17.0 Å². The monoisotopic (exact) mass is 293 g/mol. The van der Waals surface area contributed by atoms with E-state index in [0.29, 0.717) is 22.9 Å². The molecule has 0 spiro atoms. The Hall–Kier alpha value is -2.28. The van der Waals surface area contributed by atoms with Gasteiger partial charge < -0.3 is 9.52 Å². The quantitative estimate of drug-likeness (QED) is 0.909. The SMILES string of the molecule is Cc1nnc(CN(C)C(C(=O)O)c2cc(F)ccc2C)o1. The Morgan fingerprint density at radius 1 is 1.43 bits per heavy atom. The van der Waals surface area contributed by atoms with E-state index in [4.69, 9.17) is 4.42 Å². The summed E-state index contributed by atoms with van der Waals surface area (Å²) in [7, 11) is 1.61. The average molecular weight is 293 g/mol. The molecule has 1 unspecified atom stereocenters. The summed E-state index contributed by atoms with van der Waals surface area (Å²) in [6.45, 7) is 3.56. The Kier molecular flexibility index (Phi) is 4.32. The van der Waals surface area contributed by atoms with Gasteiger partial charge in [0, 0.05) is 6.92 Å². The van der Waals surface area contributed by atoms with Gasteiger partial charge in [-0.3, -0.25) is 9.69 Å². The van der Waals surface area contributed by atoms with Crippen LogP contribution in [0.15, 0.2) is 22.6 Å². The highest BCUT2D eigenvalue weighted by Crippen LogP contribution is 2.25. The highest BCUT2D eigenvalue weighted by atomic mass is 19.1. The third kappa shape index (κ3) is 3.43. The van der Waals surface area contributed by atoms with Crippen LogP contribution in [0.5, 0.6) is 0 Å². The van der Waals surface area contributed by atoms with Gasteiger partial charge >= 0.3 is 5.97 Å². The molecule has 1 aromatic heterocycles. The van der Waals surface area contributed by atoms with E-state index in [2.05, 4.69) is 10.2 Å². The zero-order valence-corrected chi connectivity index (χ0v) is 12.0. The van der Waals surface area contributed by atoms with Crippen molar-refractivity contribution in [3.63, 3.8) is 0 Å². The number of hydrogen-bond donors (Lipinski definition) is 1. The highest BCUT2D eigenvalue weighted by molar-refractivity contribution is 5.76. The molecule has 1 aromatic carbocycles. The van der Waals surface area contributed by atoms with Crippen molar-refractivity contribution in [1.29, 1.82) is 0 Å². The number of hydrogen-bond acceptors (Lipinski definition) is 5. The number of aromatic nitrogens is 2. The van der Waals surface area contributed by atoms with Gasteiger partial charge in [-0.1, -0.05) is 6.07 Å². The van der Waals surface area contributed by atoms with Crippen molar-refractivity contribution < 1.29 is 18.7 Å². The van der Waals surface area contributed by atoms with E-state index in [1.807, 2.05) is 0 Å². The minimum atomic E-state index is -1.07. The van der Waals surface area contributed by atoms with Crippen LogP contribution in [0.4, 0.5) is 4.39 Å². The van der Waals surface area contributed by atoms with Gasteiger partial charge in [0.05, 0.1) is 6.54 Å². The predicted octanol–water partition coefficient (Wildman–Crippen LogP) is 2.08. The minimum absolute atomic E-state index is 0.160. The summed E-state index contributed by atoms with van der Waals surface area (Å²) in [6, 6.07) is 3.11. The molecule has 7 heteroatoms. The average Bonchev–Trinajstić information content (AvgIpc) is 2.79. The second kappa shape index (κ2) is 6.01. The van der Waals surface area contributed by atoms with Gasteiger partial charge in [0.25, 0.3) is 0 Å². The molecule has 0 aliphatic carbocycles. The first-order valence-electron chi connectivity index (χ1n) is 6.36. The van der Waals surface area contributed by atoms with Crippen LogP contribution in [-0.2, 0) is 11.3 Å². The second-order valence-electron chi connectivity index (χ2n) is 4.87. The Labute approximate surface area is 121 Å². The van der Waals surface area contributed by atoms with Crippen LogP contribution in [0.2, 0.25) is 0 Å². The third-order valence-corrected chi connectivity index (χ3v) is 3.16. The van der Waals surface area contributed by atoms with Crippen LogP contribution >= 0.6 is 0 Å². The van der Waals surface area contributed by atoms with Crippen molar-refractivity contribution in [2.24, 2.45) is 0 Å². The molecule has 112 valence electrons. The molecule has 6 nitrogen and oxygen atoms in total. The van der Waals surface area contributed by atoms with E-state index < -0.39 is 17.8 Å². The maximum atomic E-state index is 13.4. The number of rotatable bonds is 5. The first-order valence-corrected chi connectivity index (χ1v) is 6.36. The van der Waals surface area contributed by atoms with Crippen LogP contribution in [0.3, 0.4) is 0 Å². The number of likely N-dealkylation sites (N-methyl/N-ethyl adjacent to an activating group) is 1. The van der Waals surface area contributed by atoms with E-state index in [1.54, 1.807) is 27.0 Å². The lowest BCUT2D eigenvalue weighted by atomic mass is 10.00. The van der Waals surface area contributed by atoms with Crippen LogP contribution < -0.4 is 0 Å². The summed E-state index contributed by atoms with van der Waals surface area (Å²) in [5.74, 6) is -0.811. The summed E-state index contributed by atoms with van der Waals surface area (Å²) < 4.78 is 18.7. The van der Waals surface area contributed by atoms with Crippen molar-refractivity contribution in [3.05, 3.63) is 46.9 Å². The molecular weight excluding hydrogens is 277 g/mol. The van der Waals surface area contributed by atoms with Crippen molar-refractivity contribution >= 4 is 5.97 Å². The van der Waals surface area contributed by atoms with Crippen LogP contribution in [0, 0.1) is 19.7 Å². The Balaban J connectivity index is 2.30. The summed E-state index contributed by atoms with van der Waals surface area (Å²) >= 11 is 0. The Morgan fingerprint density at radius 3 is 2.71 bits per heavy atom. The molecule has 2 aromatic rings. The normalized spacial score (nSPS) is 12.6. The molecule has 0 radical (unpaired) electrons. The lowest BCUT2D eigenvalue weighted by Crippen LogP contribution is -2.31. The number of nitrogens with zero attached hydrogens (tertiary/aromatic N) is 3. The number of aliphatic carboxylic acids is 1. The maximum Gasteiger partial charge on any atom is 0.325 e. The fraction of sp³-hybridized carbons (Fsp3) is 0.357. The fourth-order valence-electron chi connectivity index (χ4n) is 2.17. The zero-order valence-electron chi connectivity index (χ0n) is 12.0. The molecule has 2 rings (SSSR count). The number of aryl methyl sites for hydroxylation is 2. The molecule has 21 heavy (non-hydrogen) atoms. The summed E-state index contributed by atoms with van der Waals surface area (Å²) in [5, 5.41) is 17.0. The third-order valence-electron chi connectivity index (χ3n) is 3.16. The van der Waals surface area contributed by atoms with Gasteiger partial charge in [0.1, 0.15) is 11.9 Å². The molecule has 0 fully saturated rings. The van der Waals surface area contributed by atoms with Gasteiger partial charge in [-0.15, -0.1) is 10.2 Å². The maximum absolute atomic E-state index is 13.4. The molecule has 0 bridgehead atoms. The van der Waals surface area contributed by atoms with Crippen LogP contribution in [0.1, 0.15) is 29.0 Å². The van der Waals surface area contributed by atoms with Crippen LogP contribution in [0.25, 0.3) is 0 Å². The minimum Gasteiger partial charge on any atom is -0.480 e. The Bertz CT molecular complexity index is 657. The molecule has 1 N–H and O–H groups in total. The van der Waals surface area contributed by atoms with Crippen molar-refractivity contribution in [2.45, 2.75) is 26.4 Å². The summed E-state index contributed by atoms with van der Waals surface area (Å²) in [5.41, 5.74) is 1.11. The first-order chi connectivity index (χ1) is 9.88. The van der Waals surface area contributed by atoms with Crippen molar-refractivity contribution in [1.82, 2.24) is 15.1 Å². The van der Waals surface area contributed by atoms with Gasteiger partial charge in [0.15, 0.2) is 0 Å². The molecule has 1 heterocycles. The van der Waals surface area contributed by atoms with Gasteiger partial charge in [-0.05, 0) is 37.2 Å². The number of carboxylic acids is 1. The molecule has 0 amide bonds. The van der Waals surface area contributed by atoms with Crippen molar-refractivity contribution in [3.8, 4) is 0 Å². The standard InChI is InChI=1S/C14H16FN3O3/c1-8-4-5-10(15)6-11(8)13(14(19)20)18(3)7-12-17-16-9(2)21-12/h4-6,13H,7H2,1-3H3,(H,19,20). The number of benzene rings is 1. The molecule has 0 saturated heterocycles. The second-order valence-corrected chi connectivity index (χ2v) is 4.87. The molecular formula is C14H16FN3O3. The first kappa shape index (κ1) is 15.1. The molecule has 0 saturated carbocycles. The number of halogens is 1. The number of carbonyl (C=O) groups is 1. The fourth-order valence-corrected chi connectivity index (χ4v) is 2.17. The van der Waals surface area contributed by atoms with E-state index >= 15 is 0 Å². The zero-order chi connectivity index (χ0) is 15.6. The predicted molar refractivity (Wildman–Crippen MR) is 72.0 cm³/mol. The van der Waals surface area contributed by atoms with E-state index in [0.717, 1.165) is 0 Å². The Morgan fingerprint density at radius 2 is 2.14 bits per heavy atom. The van der Waals surface area contributed by atoms with Gasteiger partial charge in [-0.25, -0.2) is 4.39 Å². The van der Waals surface area contributed by atoms with Crippen LogP contribution in [-0.4, -0.2) is 33.2 Å². The van der Waals surface area contributed by atoms with E-state index in [9.17, 15) is 14.3 Å².